The summed E-state index contributed by atoms with van der Waals surface area (Å²) < 4.78 is 12.9. The van der Waals surface area contributed by atoms with Crippen LogP contribution in [0.1, 0.15) is 21.6 Å². The van der Waals surface area contributed by atoms with E-state index >= 15 is 0 Å². The lowest BCUT2D eigenvalue weighted by Gasteiger charge is -2.03. The van der Waals surface area contributed by atoms with Crippen LogP contribution in [0, 0.1) is 12.7 Å². The van der Waals surface area contributed by atoms with Crippen LogP contribution >= 0.6 is 11.6 Å². The van der Waals surface area contributed by atoms with Gasteiger partial charge >= 0.3 is 0 Å². The molecule has 0 aliphatic rings. The number of ketones is 1. The van der Waals surface area contributed by atoms with Crippen molar-refractivity contribution in [2.24, 2.45) is 0 Å². The van der Waals surface area contributed by atoms with Gasteiger partial charge in [0.25, 0.3) is 0 Å². The zero-order chi connectivity index (χ0) is 12.4. The molecule has 1 aromatic heterocycles. The molecule has 0 radical (unpaired) electrons. The van der Waals surface area contributed by atoms with E-state index in [0.29, 0.717) is 5.56 Å². The van der Waals surface area contributed by atoms with Crippen LogP contribution in [0.25, 0.3) is 0 Å². The van der Waals surface area contributed by atoms with Crippen molar-refractivity contribution in [2.75, 3.05) is 0 Å². The molecule has 0 unspecified atom stereocenters. The number of nitrogens with zero attached hydrogens (tertiary/aromatic N) is 1. The summed E-state index contributed by atoms with van der Waals surface area (Å²) in [5, 5.41) is 0.107. The number of aromatic nitrogens is 1. The monoisotopic (exact) mass is 249 g/mol. The van der Waals surface area contributed by atoms with Crippen LogP contribution in [-0.2, 0) is 0 Å². The molecule has 2 rings (SSSR count). The summed E-state index contributed by atoms with van der Waals surface area (Å²) in [6, 6.07) is 7.12. The van der Waals surface area contributed by atoms with E-state index in [2.05, 4.69) is 4.98 Å². The first-order valence-corrected chi connectivity index (χ1v) is 5.38. The topological polar surface area (TPSA) is 30.0 Å². The summed E-state index contributed by atoms with van der Waals surface area (Å²) >= 11 is 5.82. The fraction of sp³-hybridized carbons (Fsp3) is 0.0769. The lowest BCUT2D eigenvalue weighted by molar-refractivity contribution is 0.103. The molecule has 0 fully saturated rings. The molecule has 0 N–H and O–H groups in total. The summed E-state index contributed by atoms with van der Waals surface area (Å²) in [7, 11) is 0. The van der Waals surface area contributed by atoms with E-state index in [-0.39, 0.29) is 16.4 Å². The molecule has 17 heavy (non-hydrogen) atoms. The smallest absolute Gasteiger partial charge is 0.196 e. The molecule has 2 nitrogen and oxygen atoms in total. The number of carbonyl (C=O) groups is 1. The van der Waals surface area contributed by atoms with E-state index < -0.39 is 5.82 Å². The molecular formula is C13H9ClFNO. The SMILES string of the molecule is Cc1ccc(C(=O)c2ccc(F)cc2Cl)cn1. The van der Waals surface area contributed by atoms with Crippen LogP contribution in [0.15, 0.2) is 36.5 Å². The molecule has 0 amide bonds. The van der Waals surface area contributed by atoms with Gasteiger partial charge in [-0.15, -0.1) is 0 Å². The maximum absolute atomic E-state index is 12.9. The second-order valence-corrected chi connectivity index (χ2v) is 4.05. The Morgan fingerprint density at radius 2 is 2.06 bits per heavy atom. The molecule has 0 saturated heterocycles. The van der Waals surface area contributed by atoms with Gasteiger partial charge in [0, 0.05) is 23.0 Å². The third-order valence-corrected chi connectivity index (χ3v) is 2.66. The number of pyridine rings is 1. The van der Waals surface area contributed by atoms with Gasteiger partial charge in [0.05, 0.1) is 5.02 Å². The van der Waals surface area contributed by atoms with Gasteiger partial charge in [-0.2, -0.15) is 0 Å². The Morgan fingerprint density at radius 1 is 1.29 bits per heavy atom. The van der Waals surface area contributed by atoms with E-state index in [0.717, 1.165) is 11.8 Å². The second-order valence-electron chi connectivity index (χ2n) is 3.64. The highest BCUT2D eigenvalue weighted by Gasteiger charge is 2.13. The van der Waals surface area contributed by atoms with Crippen LogP contribution in [-0.4, -0.2) is 10.8 Å². The Morgan fingerprint density at radius 3 is 2.65 bits per heavy atom. The summed E-state index contributed by atoms with van der Waals surface area (Å²) in [5.74, 6) is -0.726. The molecular weight excluding hydrogens is 241 g/mol. The minimum atomic E-state index is -0.464. The van der Waals surface area contributed by atoms with Crippen molar-refractivity contribution in [3.63, 3.8) is 0 Å². The third-order valence-electron chi connectivity index (χ3n) is 2.35. The van der Waals surface area contributed by atoms with Gasteiger partial charge in [-0.3, -0.25) is 9.78 Å². The van der Waals surface area contributed by atoms with Gasteiger partial charge in [-0.25, -0.2) is 4.39 Å². The van der Waals surface area contributed by atoms with Crippen molar-refractivity contribution in [3.8, 4) is 0 Å². The molecule has 0 spiro atoms. The Labute approximate surface area is 103 Å². The first-order valence-electron chi connectivity index (χ1n) is 5.00. The number of hydrogen-bond donors (Lipinski definition) is 0. The first kappa shape index (κ1) is 11.7. The zero-order valence-electron chi connectivity index (χ0n) is 9.08. The largest absolute Gasteiger partial charge is 0.288 e. The van der Waals surface area contributed by atoms with Gasteiger partial charge in [0.2, 0.25) is 0 Å². The molecule has 86 valence electrons. The lowest BCUT2D eigenvalue weighted by Crippen LogP contribution is -2.03. The predicted octanol–water partition coefficient (Wildman–Crippen LogP) is 3.41. The van der Waals surface area contributed by atoms with Crippen molar-refractivity contribution in [1.82, 2.24) is 4.98 Å². The van der Waals surface area contributed by atoms with E-state index in [1.807, 2.05) is 6.92 Å². The number of aryl methyl sites for hydroxylation is 1. The molecule has 0 aliphatic carbocycles. The van der Waals surface area contributed by atoms with E-state index in [4.69, 9.17) is 11.6 Å². The number of hydrogen-bond acceptors (Lipinski definition) is 2. The minimum absolute atomic E-state index is 0.107. The molecule has 0 atom stereocenters. The van der Waals surface area contributed by atoms with E-state index in [1.54, 1.807) is 12.1 Å². The van der Waals surface area contributed by atoms with Crippen LogP contribution in [0.4, 0.5) is 4.39 Å². The van der Waals surface area contributed by atoms with Crippen LogP contribution < -0.4 is 0 Å². The summed E-state index contributed by atoms with van der Waals surface area (Å²) in [5.41, 5.74) is 1.54. The summed E-state index contributed by atoms with van der Waals surface area (Å²) in [6.45, 7) is 1.83. The molecule has 1 aromatic carbocycles. The fourth-order valence-corrected chi connectivity index (χ4v) is 1.68. The normalized spacial score (nSPS) is 10.3. The van der Waals surface area contributed by atoms with Gasteiger partial charge < -0.3 is 0 Å². The maximum atomic E-state index is 12.9. The Kier molecular flexibility index (Phi) is 3.20. The quantitative estimate of drug-likeness (QED) is 0.764. The number of rotatable bonds is 2. The van der Waals surface area contributed by atoms with Gasteiger partial charge in [-0.05, 0) is 37.3 Å². The maximum Gasteiger partial charge on any atom is 0.196 e. The van der Waals surface area contributed by atoms with Crippen LogP contribution in [0.2, 0.25) is 5.02 Å². The summed E-state index contributed by atoms with van der Waals surface area (Å²) in [4.78, 5) is 16.1. The number of halogens is 2. The third kappa shape index (κ3) is 2.50. The van der Waals surface area contributed by atoms with Crippen molar-refractivity contribution in [1.29, 1.82) is 0 Å². The van der Waals surface area contributed by atoms with Crippen LogP contribution in [0.5, 0.6) is 0 Å². The average molecular weight is 250 g/mol. The molecule has 0 saturated carbocycles. The highest BCUT2D eigenvalue weighted by Crippen LogP contribution is 2.20. The van der Waals surface area contributed by atoms with Crippen molar-refractivity contribution in [3.05, 3.63) is 64.2 Å². The molecule has 0 aliphatic heterocycles. The second kappa shape index (κ2) is 4.63. The van der Waals surface area contributed by atoms with Gasteiger partial charge in [0.1, 0.15) is 5.82 Å². The van der Waals surface area contributed by atoms with Crippen LogP contribution in [0.3, 0.4) is 0 Å². The Balaban J connectivity index is 2.40. The Hall–Kier alpha value is -1.74. The zero-order valence-corrected chi connectivity index (χ0v) is 9.83. The van der Waals surface area contributed by atoms with Crippen molar-refractivity contribution in [2.45, 2.75) is 6.92 Å². The van der Waals surface area contributed by atoms with Crippen molar-refractivity contribution < 1.29 is 9.18 Å². The molecule has 0 bridgehead atoms. The molecule has 4 heteroatoms. The van der Waals surface area contributed by atoms with E-state index in [1.165, 1.54) is 18.3 Å². The Bertz CT molecular complexity index is 566. The molecule has 1 heterocycles. The van der Waals surface area contributed by atoms with Crippen molar-refractivity contribution >= 4 is 17.4 Å². The predicted molar refractivity (Wildman–Crippen MR) is 63.8 cm³/mol. The highest BCUT2D eigenvalue weighted by atomic mass is 35.5. The van der Waals surface area contributed by atoms with E-state index in [9.17, 15) is 9.18 Å². The highest BCUT2D eigenvalue weighted by molar-refractivity contribution is 6.34. The summed E-state index contributed by atoms with van der Waals surface area (Å²) in [6.07, 6.45) is 1.48. The first-order chi connectivity index (χ1) is 8.08. The van der Waals surface area contributed by atoms with Gasteiger partial charge in [0.15, 0.2) is 5.78 Å². The minimum Gasteiger partial charge on any atom is -0.288 e. The molecule has 2 aromatic rings. The fourth-order valence-electron chi connectivity index (χ4n) is 1.43. The van der Waals surface area contributed by atoms with Gasteiger partial charge in [-0.1, -0.05) is 11.6 Å². The lowest BCUT2D eigenvalue weighted by atomic mass is 10.0. The standard InChI is InChI=1S/C13H9ClFNO/c1-8-2-3-9(7-16-8)13(17)11-5-4-10(15)6-12(11)14/h2-7H,1H3. The number of benzene rings is 1. The number of carbonyl (C=O) groups excluding carboxylic acids is 1. The average Bonchev–Trinajstić information content (AvgIpc) is 2.29.